The molecule has 6 nitrogen and oxygen atoms in total. The fourth-order valence-corrected chi connectivity index (χ4v) is 3.66. The number of hydrazone groups is 1. The molecule has 0 aromatic heterocycles. The topological polar surface area (TPSA) is 86.4 Å². The highest BCUT2D eigenvalue weighted by Gasteiger charge is 2.08. The van der Waals surface area contributed by atoms with E-state index in [2.05, 4.69) is 36.7 Å². The third kappa shape index (κ3) is 5.25. The van der Waals surface area contributed by atoms with Crippen LogP contribution in [-0.4, -0.2) is 17.2 Å². The highest BCUT2D eigenvalue weighted by atomic mass is 79.9. The highest BCUT2D eigenvalue weighted by Crippen LogP contribution is 2.27. The smallest absolute Gasteiger partial charge is 0.244 e. The minimum atomic E-state index is -0.256. The summed E-state index contributed by atoms with van der Waals surface area (Å²) in [6.45, 7) is 0. The van der Waals surface area contributed by atoms with E-state index in [9.17, 15) is 9.90 Å². The Bertz CT molecular complexity index is 1320. The van der Waals surface area contributed by atoms with Crippen molar-refractivity contribution in [2.75, 3.05) is 0 Å². The van der Waals surface area contributed by atoms with Crippen LogP contribution in [0.1, 0.15) is 11.1 Å². The van der Waals surface area contributed by atoms with Gasteiger partial charge in [-0.2, -0.15) is 15.3 Å². The molecule has 1 amide bonds. The Balaban J connectivity index is 1.43. The van der Waals surface area contributed by atoms with E-state index in [0.29, 0.717) is 11.3 Å². The summed E-state index contributed by atoms with van der Waals surface area (Å²) in [7, 11) is 0. The lowest BCUT2D eigenvalue weighted by atomic mass is 10.0. The van der Waals surface area contributed by atoms with E-state index in [0.717, 1.165) is 26.5 Å². The van der Waals surface area contributed by atoms with Crippen molar-refractivity contribution >= 4 is 50.2 Å². The Morgan fingerprint density at radius 1 is 0.875 bits per heavy atom. The number of aromatic hydroxyl groups is 1. The van der Waals surface area contributed by atoms with E-state index in [4.69, 9.17) is 0 Å². The Kier molecular flexibility index (Phi) is 6.67. The molecular formula is C25H19BrN4O2. The number of nitrogens with one attached hydrogen (secondary N) is 1. The SMILES string of the molecule is O=C(Cc1ccc(Br)c2ccccc12)N/N=C/c1cc(N=Nc2ccccc2)ccc1O. The predicted molar refractivity (Wildman–Crippen MR) is 130 cm³/mol. The molecule has 4 aromatic rings. The molecule has 32 heavy (non-hydrogen) atoms. The molecule has 0 heterocycles. The molecule has 4 rings (SSSR count). The normalized spacial score (nSPS) is 11.4. The Morgan fingerprint density at radius 2 is 1.59 bits per heavy atom. The van der Waals surface area contributed by atoms with E-state index in [1.165, 1.54) is 12.3 Å². The summed E-state index contributed by atoms with van der Waals surface area (Å²) in [4.78, 5) is 12.4. The summed E-state index contributed by atoms with van der Waals surface area (Å²) in [6, 6.07) is 25.9. The van der Waals surface area contributed by atoms with Crippen molar-refractivity contribution in [3.8, 4) is 5.75 Å². The van der Waals surface area contributed by atoms with Crippen molar-refractivity contribution in [1.29, 1.82) is 0 Å². The molecule has 0 atom stereocenters. The molecule has 7 heteroatoms. The summed E-state index contributed by atoms with van der Waals surface area (Å²) in [6.07, 6.45) is 1.57. The number of fused-ring (bicyclic) bond motifs is 1. The first kappa shape index (κ1) is 21.4. The third-order valence-electron chi connectivity index (χ3n) is 4.75. The lowest BCUT2D eigenvalue weighted by Gasteiger charge is -2.07. The molecule has 0 aliphatic carbocycles. The van der Waals surface area contributed by atoms with Crippen LogP contribution in [0.15, 0.2) is 105 Å². The minimum absolute atomic E-state index is 0.0283. The van der Waals surface area contributed by atoms with Crippen LogP contribution in [0.3, 0.4) is 0 Å². The molecule has 0 fully saturated rings. The van der Waals surface area contributed by atoms with Crippen molar-refractivity contribution in [2.24, 2.45) is 15.3 Å². The summed E-state index contributed by atoms with van der Waals surface area (Å²) in [5, 5.41) is 24.5. The molecule has 2 N–H and O–H groups in total. The van der Waals surface area contributed by atoms with Gasteiger partial charge in [-0.3, -0.25) is 4.79 Å². The monoisotopic (exact) mass is 486 g/mol. The fourth-order valence-electron chi connectivity index (χ4n) is 3.18. The van der Waals surface area contributed by atoms with Gasteiger partial charge in [0.05, 0.1) is 24.0 Å². The van der Waals surface area contributed by atoms with E-state index in [-0.39, 0.29) is 18.1 Å². The lowest BCUT2D eigenvalue weighted by Crippen LogP contribution is -2.19. The summed E-state index contributed by atoms with van der Waals surface area (Å²) in [5.41, 5.74) is 5.12. The zero-order valence-corrected chi connectivity index (χ0v) is 18.5. The van der Waals surface area contributed by atoms with E-state index in [1.807, 2.05) is 66.7 Å². The predicted octanol–water partition coefficient (Wildman–Crippen LogP) is 6.42. The van der Waals surface area contributed by atoms with Gasteiger partial charge in [-0.25, -0.2) is 5.43 Å². The standard InChI is InChI=1S/C25H19BrN4O2/c26-23-12-10-17(21-8-4-5-9-22(21)23)15-25(32)30-27-16-18-14-20(11-13-24(18)31)29-28-19-6-2-1-3-7-19/h1-14,16,31H,15H2,(H,30,32)/b27-16+,29-28?. The van der Waals surface area contributed by atoms with E-state index in [1.54, 1.807) is 12.1 Å². The number of nitrogens with zero attached hydrogens (tertiary/aromatic N) is 3. The first-order valence-corrected chi connectivity index (χ1v) is 10.7. The summed E-state index contributed by atoms with van der Waals surface area (Å²) >= 11 is 3.54. The fraction of sp³-hybridized carbons (Fsp3) is 0.0400. The van der Waals surface area contributed by atoms with Gasteiger partial charge < -0.3 is 5.11 Å². The number of rotatable bonds is 6. The molecular weight excluding hydrogens is 468 g/mol. The van der Waals surface area contributed by atoms with Crippen LogP contribution >= 0.6 is 15.9 Å². The second kappa shape index (κ2) is 9.98. The maximum absolute atomic E-state index is 12.4. The second-order valence-corrected chi connectivity index (χ2v) is 7.86. The average molecular weight is 487 g/mol. The molecule has 0 aliphatic heterocycles. The maximum atomic E-state index is 12.4. The molecule has 4 aromatic carbocycles. The average Bonchev–Trinajstić information content (AvgIpc) is 2.82. The number of halogens is 1. The lowest BCUT2D eigenvalue weighted by molar-refractivity contribution is -0.120. The molecule has 0 spiro atoms. The molecule has 0 radical (unpaired) electrons. The first-order chi connectivity index (χ1) is 15.6. The van der Waals surface area contributed by atoms with Crippen molar-refractivity contribution in [3.63, 3.8) is 0 Å². The van der Waals surface area contributed by atoms with Gasteiger partial charge in [0, 0.05) is 10.0 Å². The van der Waals surface area contributed by atoms with E-state index < -0.39 is 0 Å². The first-order valence-electron chi connectivity index (χ1n) is 9.88. The zero-order valence-electron chi connectivity index (χ0n) is 16.9. The van der Waals surface area contributed by atoms with Crippen molar-refractivity contribution < 1.29 is 9.90 Å². The van der Waals surface area contributed by atoms with Gasteiger partial charge in [-0.1, -0.05) is 64.5 Å². The number of phenolic OH excluding ortho intramolecular Hbond substituents is 1. The van der Waals surface area contributed by atoms with Gasteiger partial charge in [-0.15, -0.1) is 0 Å². The molecule has 0 bridgehead atoms. The third-order valence-corrected chi connectivity index (χ3v) is 5.44. The second-order valence-electron chi connectivity index (χ2n) is 7.00. The number of amides is 1. The van der Waals surface area contributed by atoms with Crippen LogP contribution < -0.4 is 5.43 Å². The number of benzene rings is 4. The largest absolute Gasteiger partial charge is 0.507 e. The quantitative estimate of drug-likeness (QED) is 0.187. The molecule has 158 valence electrons. The number of hydrogen-bond donors (Lipinski definition) is 2. The molecule has 0 aliphatic rings. The van der Waals surface area contributed by atoms with Gasteiger partial charge in [0.2, 0.25) is 5.91 Å². The molecule has 0 saturated carbocycles. The van der Waals surface area contributed by atoms with E-state index >= 15 is 0 Å². The zero-order chi connectivity index (χ0) is 22.3. The maximum Gasteiger partial charge on any atom is 0.244 e. The number of carbonyl (C=O) groups is 1. The summed E-state index contributed by atoms with van der Waals surface area (Å²) in [5.74, 6) is -0.228. The minimum Gasteiger partial charge on any atom is -0.507 e. The van der Waals surface area contributed by atoms with Crippen LogP contribution in [0.2, 0.25) is 0 Å². The van der Waals surface area contributed by atoms with Crippen LogP contribution in [0.4, 0.5) is 11.4 Å². The van der Waals surface area contributed by atoms with Crippen molar-refractivity contribution in [1.82, 2.24) is 5.43 Å². The Labute approximate surface area is 193 Å². The van der Waals surface area contributed by atoms with Crippen LogP contribution in [0.5, 0.6) is 5.75 Å². The number of phenols is 1. The Morgan fingerprint density at radius 3 is 2.41 bits per heavy atom. The number of azo groups is 1. The van der Waals surface area contributed by atoms with Crippen LogP contribution in [0.25, 0.3) is 10.8 Å². The van der Waals surface area contributed by atoms with Gasteiger partial charge in [0.15, 0.2) is 0 Å². The molecule has 0 saturated heterocycles. The number of carbonyl (C=O) groups excluding carboxylic acids is 1. The van der Waals surface area contributed by atoms with Gasteiger partial charge >= 0.3 is 0 Å². The molecule has 0 unspecified atom stereocenters. The van der Waals surface area contributed by atoms with Crippen LogP contribution in [0, 0.1) is 0 Å². The van der Waals surface area contributed by atoms with Gasteiger partial charge in [0.25, 0.3) is 0 Å². The van der Waals surface area contributed by atoms with Gasteiger partial charge in [-0.05, 0) is 52.7 Å². The Hall–Kier alpha value is -3.84. The van der Waals surface area contributed by atoms with Crippen molar-refractivity contribution in [3.05, 3.63) is 101 Å². The van der Waals surface area contributed by atoms with Crippen molar-refractivity contribution in [2.45, 2.75) is 6.42 Å². The highest BCUT2D eigenvalue weighted by molar-refractivity contribution is 9.10. The summed E-state index contributed by atoms with van der Waals surface area (Å²) < 4.78 is 0.982. The number of hydrogen-bond acceptors (Lipinski definition) is 5. The van der Waals surface area contributed by atoms with Crippen LogP contribution in [-0.2, 0) is 11.2 Å². The van der Waals surface area contributed by atoms with Gasteiger partial charge in [0.1, 0.15) is 5.75 Å².